The molecule has 0 spiro atoms. The number of aryl methyl sites for hydroxylation is 1. The zero-order valence-corrected chi connectivity index (χ0v) is 12.2. The fourth-order valence-electron chi connectivity index (χ4n) is 3.91. The van der Waals surface area contributed by atoms with E-state index in [2.05, 4.69) is 10.9 Å². The van der Waals surface area contributed by atoms with E-state index >= 15 is 0 Å². The first-order valence-electron chi connectivity index (χ1n) is 7.36. The Morgan fingerprint density at radius 2 is 1.86 bits per heavy atom. The Labute approximate surface area is 127 Å². The molecule has 1 aromatic rings. The third kappa shape index (κ3) is 2.36. The van der Waals surface area contributed by atoms with Gasteiger partial charge in [0.2, 0.25) is 5.91 Å². The Hall–Kier alpha value is -2.31. The van der Waals surface area contributed by atoms with Crippen LogP contribution in [0.15, 0.2) is 16.7 Å². The second-order valence-electron chi connectivity index (χ2n) is 6.06. The van der Waals surface area contributed by atoms with Gasteiger partial charge in [-0.25, -0.2) is 0 Å². The van der Waals surface area contributed by atoms with Crippen LogP contribution in [-0.2, 0) is 9.59 Å². The highest BCUT2D eigenvalue weighted by molar-refractivity contribution is 5.96. The van der Waals surface area contributed by atoms with Crippen LogP contribution in [0.5, 0.6) is 0 Å². The molecule has 4 unspecified atom stereocenters. The van der Waals surface area contributed by atoms with Crippen LogP contribution in [0.3, 0.4) is 0 Å². The van der Waals surface area contributed by atoms with E-state index in [-0.39, 0.29) is 11.8 Å². The van der Waals surface area contributed by atoms with Gasteiger partial charge in [-0.15, -0.1) is 0 Å². The molecule has 118 valence electrons. The lowest BCUT2D eigenvalue weighted by molar-refractivity contribution is -0.149. The van der Waals surface area contributed by atoms with E-state index in [0.29, 0.717) is 11.3 Å². The second kappa shape index (κ2) is 5.47. The number of rotatable bonds is 3. The lowest BCUT2D eigenvalue weighted by atomic mass is 9.79. The lowest BCUT2D eigenvalue weighted by Gasteiger charge is -2.26. The molecule has 1 aromatic heterocycles. The number of aliphatic carboxylic acids is 1. The highest BCUT2D eigenvalue weighted by Gasteiger charge is 2.54. The Balaban J connectivity index is 1.63. The summed E-state index contributed by atoms with van der Waals surface area (Å²) in [7, 11) is 0. The van der Waals surface area contributed by atoms with Gasteiger partial charge in [-0.05, 0) is 44.1 Å². The zero-order chi connectivity index (χ0) is 15.9. The number of carbonyl (C=O) groups is 3. The normalized spacial score (nSPS) is 29.3. The average molecular weight is 306 g/mol. The summed E-state index contributed by atoms with van der Waals surface area (Å²) >= 11 is 0. The molecule has 1 heterocycles. The van der Waals surface area contributed by atoms with Crippen molar-refractivity contribution in [3.05, 3.63) is 23.7 Å². The van der Waals surface area contributed by atoms with Crippen molar-refractivity contribution in [3.63, 3.8) is 0 Å². The summed E-state index contributed by atoms with van der Waals surface area (Å²) in [6, 6.07) is 1.51. The van der Waals surface area contributed by atoms with Gasteiger partial charge < -0.3 is 9.52 Å². The van der Waals surface area contributed by atoms with Crippen LogP contribution >= 0.6 is 0 Å². The number of hydrogen-bond acceptors (Lipinski definition) is 4. The van der Waals surface area contributed by atoms with Crippen molar-refractivity contribution in [1.82, 2.24) is 10.9 Å². The van der Waals surface area contributed by atoms with Crippen molar-refractivity contribution in [2.45, 2.75) is 26.2 Å². The van der Waals surface area contributed by atoms with Gasteiger partial charge in [-0.1, -0.05) is 0 Å². The maximum absolute atomic E-state index is 12.3. The van der Waals surface area contributed by atoms with Gasteiger partial charge in [0.1, 0.15) is 5.76 Å². The molecule has 2 bridgehead atoms. The van der Waals surface area contributed by atoms with Crippen molar-refractivity contribution >= 4 is 17.8 Å². The number of hydrazine groups is 1. The van der Waals surface area contributed by atoms with Crippen LogP contribution in [-0.4, -0.2) is 22.9 Å². The number of carboxylic acids is 1. The van der Waals surface area contributed by atoms with E-state index < -0.39 is 29.6 Å². The number of furan rings is 1. The van der Waals surface area contributed by atoms with Gasteiger partial charge >= 0.3 is 5.97 Å². The summed E-state index contributed by atoms with van der Waals surface area (Å²) in [6.45, 7) is 1.65. The van der Waals surface area contributed by atoms with Crippen LogP contribution in [0.25, 0.3) is 0 Å². The van der Waals surface area contributed by atoms with E-state index in [4.69, 9.17) is 4.42 Å². The predicted octanol–water partition coefficient (Wildman–Crippen LogP) is 1.10. The minimum Gasteiger partial charge on any atom is -0.481 e. The fraction of sp³-hybridized carbons (Fsp3) is 0.533. The summed E-state index contributed by atoms with van der Waals surface area (Å²) in [6.07, 6.45) is 3.92. The Bertz CT molecular complexity index is 623. The topological polar surface area (TPSA) is 109 Å². The Kier molecular flexibility index (Phi) is 3.64. The lowest BCUT2D eigenvalue weighted by Crippen LogP contribution is -2.48. The molecule has 2 aliphatic carbocycles. The quantitative estimate of drug-likeness (QED) is 0.724. The van der Waals surface area contributed by atoms with Gasteiger partial charge in [0.15, 0.2) is 0 Å². The van der Waals surface area contributed by atoms with Crippen molar-refractivity contribution in [1.29, 1.82) is 0 Å². The van der Waals surface area contributed by atoms with Crippen molar-refractivity contribution in [3.8, 4) is 0 Å². The minimum absolute atomic E-state index is 0.0741. The first kappa shape index (κ1) is 14.6. The molecule has 0 saturated heterocycles. The Morgan fingerprint density at radius 3 is 2.45 bits per heavy atom. The number of hydrogen-bond donors (Lipinski definition) is 3. The van der Waals surface area contributed by atoms with Gasteiger partial charge in [0.05, 0.1) is 23.7 Å². The van der Waals surface area contributed by atoms with Crippen LogP contribution in [0.2, 0.25) is 0 Å². The van der Waals surface area contributed by atoms with E-state index in [1.807, 2.05) is 0 Å². The number of carboxylic acid groups (broad SMARTS) is 1. The summed E-state index contributed by atoms with van der Waals surface area (Å²) < 4.78 is 5.03. The fourth-order valence-corrected chi connectivity index (χ4v) is 3.91. The molecule has 7 nitrogen and oxygen atoms in total. The summed E-state index contributed by atoms with van der Waals surface area (Å²) in [5.41, 5.74) is 5.03. The molecule has 7 heteroatoms. The van der Waals surface area contributed by atoms with Gasteiger partial charge in [-0.2, -0.15) is 0 Å². The number of fused-ring (bicyclic) bond motifs is 2. The molecule has 0 radical (unpaired) electrons. The third-order valence-electron chi connectivity index (χ3n) is 4.91. The van der Waals surface area contributed by atoms with Gasteiger partial charge in [-0.3, -0.25) is 25.2 Å². The smallest absolute Gasteiger partial charge is 0.307 e. The number of nitrogens with one attached hydrogen (secondary N) is 2. The minimum atomic E-state index is -0.927. The van der Waals surface area contributed by atoms with Crippen LogP contribution < -0.4 is 10.9 Å². The molecule has 0 aromatic carbocycles. The number of carbonyl (C=O) groups excluding carboxylic acids is 2. The van der Waals surface area contributed by atoms with E-state index in [9.17, 15) is 19.5 Å². The first-order chi connectivity index (χ1) is 10.5. The predicted molar refractivity (Wildman–Crippen MR) is 74.5 cm³/mol. The second-order valence-corrected chi connectivity index (χ2v) is 6.06. The largest absolute Gasteiger partial charge is 0.481 e. The SMILES string of the molecule is Cc1occc1C(=O)NNC(=O)C1C2CCC(C2)C1C(=O)O. The van der Waals surface area contributed by atoms with Crippen molar-refractivity contribution in [2.24, 2.45) is 23.7 Å². The highest BCUT2D eigenvalue weighted by Crippen LogP contribution is 2.52. The molecule has 2 amide bonds. The van der Waals surface area contributed by atoms with E-state index in [1.54, 1.807) is 6.92 Å². The highest BCUT2D eigenvalue weighted by atomic mass is 16.4. The van der Waals surface area contributed by atoms with E-state index in [0.717, 1.165) is 19.3 Å². The van der Waals surface area contributed by atoms with Crippen LogP contribution in [0.1, 0.15) is 35.4 Å². The molecule has 2 fully saturated rings. The van der Waals surface area contributed by atoms with Gasteiger partial charge in [0.25, 0.3) is 5.91 Å². The maximum atomic E-state index is 12.3. The number of amides is 2. The zero-order valence-electron chi connectivity index (χ0n) is 12.2. The third-order valence-corrected chi connectivity index (χ3v) is 4.91. The van der Waals surface area contributed by atoms with Crippen LogP contribution in [0, 0.1) is 30.6 Å². The average Bonchev–Trinajstić information content (AvgIpc) is 3.18. The van der Waals surface area contributed by atoms with E-state index in [1.165, 1.54) is 12.3 Å². The standard InChI is InChI=1S/C15H18N2O5/c1-7-10(4-5-22-7)13(18)16-17-14(19)11-8-2-3-9(6-8)12(11)15(20)21/h4-5,8-9,11-12H,2-3,6H2,1H3,(H,16,18)(H,17,19)(H,20,21). The first-order valence-corrected chi connectivity index (χ1v) is 7.36. The van der Waals surface area contributed by atoms with Crippen molar-refractivity contribution in [2.75, 3.05) is 0 Å². The molecular weight excluding hydrogens is 288 g/mol. The summed E-state index contributed by atoms with van der Waals surface area (Å²) in [4.78, 5) is 35.6. The molecule has 22 heavy (non-hydrogen) atoms. The van der Waals surface area contributed by atoms with Crippen molar-refractivity contribution < 1.29 is 23.9 Å². The maximum Gasteiger partial charge on any atom is 0.307 e. The molecular formula is C15H18N2O5. The molecule has 3 rings (SSSR count). The molecule has 0 aliphatic heterocycles. The Morgan fingerprint density at radius 1 is 1.18 bits per heavy atom. The monoisotopic (exact) mass is 306 g/mol. The summed E-state index contributed by atoms with van der Waals surface area (Å²) in [5.74, 6) is -2.42. The molecule has 2 saturated carbocycles. The van der Waals surface area contributed by atoms with Crippen LogP contribution in [0.4, 0.5) is 0 Å². The molecule has 4 atom stereocenters. The molecule has 3 N–H and O–H groups in total. The molecule has 2 aliphatic rings. The van der Waals surface area contributed by atoms with Gasteiger partial charge in [0, 0.05) is 0 Å². The summed E-state index contributed by atoms with van der Waals surface area (Å²) in [5, 5.41) is 9.34.